The summed E-state index contributed by atoms with van der Waals surface area (Å²) in [6.07, 6.45) is 2.27. The lowest BCUT2D eigenvalue weighted by molar-refractivity contribution is -0.0793. The van der Waals surface area contributed by atoms with Crippen molar-refractivity contribution in [2.45, 2.75) is 58.3 Å². The zero-order valence-electron chi connectivity index (χ0n) is 11.3. The molecule has 0 aliphatic carbocycles. The molecule has 0 radical (unpaired) electrons. The molecule has 0 saturated carbocycles. The minimum Gasteiger partial charge on any atom is -0.444 e. The quantitative estimate of drug-likeness (QED) is 0.533. The van der Waals surface area contributed by atoms with Gasteiger partial charge >= 0.3 is 6.09 Å². The molecule has 2 N–H and O–H groups in total. The van der Waals surface area contributed by atoms with Crippen molar-refractivity contribution in [1.29, 1.82) is 0 Å². The van der Waals surface area contributed by atoms with E-state index in [1.54, 1.807) is 0 Å². The number of carbonyl (C=O) groups is 1. The van der Waals surface area contributed by atoms with Crippen LogP contribution >= 0.6 is 0 Å². The summed E-state index contributed by atoms with van der Waals surface area (Å²) in [5.74, 6) is 0. The molecule has 0 bridgehead atoms. The van der Waals surface area contributed by atoms with Gasteiger partial charge in [0.25, 0.3) is 0 Å². The zero-order valence-corrected chi connectivity index (χ0v) is 11.3. The van der Waals surface area contributed by atoms with Gasteiger partial charge in [0.05, 0.1) is 0 Å². The maximum atomic E-state index is 11.3. The molecule has 102 valence electrons. The molecule has 0 aliphatic rings. The third-order valence-corrected chi connectivity index (χ3v) is 2.07. The Balaban J connectivity index is 3.37. The van der Waals surface area contributed by atoms with Gasteiger partial charge in [-0.15, -0.1) is 0 Å². The van der Waals surface area contributed by atoms with Crippen LogP contribution in [0.25, 0.3) is 0 Å². The van der Waals surface area contributed by atoms with Gasteiger partial charge in [-0.1, -0.05) is 6.42 Å². The van der Waals surface area contributed by atoms with Crippen LogP contribution in [0.5, 0.6) is 0 Å². The first-order valence-electron chi connectivity index (χ1n) is 6.03. The molecule has 1 unspecified atom stereocenters. The van der Waals surface area contributed by atoms with Gasteiger partial charge in [-0.05, 0) is 40.0 Å². The molecule has 1 amide bonds. The Morgan fingerprint density at radius 2 is 1.94 bits per heavy atom. The summed E-state index contributed by atoms with van der Waals surface area (Å²) in [6.45, 7) is 6.09. The number of methoxy groups -OCH3 is 1. The standard InChI is InChI=1S/C12H25NO4/c1-12(2,3)17-11(15)13-9-7-5-6-8-10(14)16-4/h10,14H,5-9H2,1-4H3,(H,13,15). The Kier molecular flexibility index (Phi) is 7.91. The number of aliphatic hydroxyl groups excluding tert-OH is 1. The van der Waals surface area contributed by atoms with Gasteiger partial charge in [0.15, 0.2) is 6.29 Å². The highest BCUT2D eigenvalue weighted by atomic mass is 16.6. The van der Waals surface area contributed by atoms with Gasteiger partial charge in [-0.25, -0.2) is 4.79 Å². The molecule has 0 saturated heterocycles. The molecule has 0 aliphatic heterocycles. The second-order valence-corrected chi connectivity index (χ2v) is 4.97. The normalized spacial score (nSPS) is 13.2. The van der Waals surface area contributed by atoms with E-state index in [-0.39, 0.29) is 6.09 Å². The minimum atomic E-state index is -0.672. The van der Waals surface area contributed by atoms with Gasteiger partial charge in [-0.2, -0.15) is 0 Å². The minimum absolute atomic E-state index is 0.380. The van der Waals surface area contributed by atoms with Gasteiger partial charge in [-0.3, -0.25) is 0 Å². The zero-order chi connectivity index (χ0) is 13.3. The molecule has 0 heterocycles. The molecule has 5 heteroatoms. The fourth-order valence-electron chi connectivity index (χ4n) is 1.24. The lowest BCUT2D eigenvalue weighted by Gasteiger charge is -2.19. The maximum absolute atomic E-state index is 11.3. The van der Waals surface area contributed by atoms with Gasteiger partial charge in [0, 0.05) is 13.7 Å². The van der Waals surface area contributed by atoms with Crippen LogP contribution in [0.2, 0.25) is 0 Å². The van der Waals surface area contributed by atoms with Crippen molar-refractivity contribution in [3.63, 3.8) is 0 Å². The second-order valence-electron chi connectivity index (χ2n) is 4.97. The van der Waals surface area contributed by atoms with Crippen LogP contribution in [0.15, 0.2) is 0 Å². The predicted molar refractivity (Wildman–Crippen MR) is 65.7 cm³/mol. The fraction of sp³-hybridized carbons (Fsp3) is 0.917. The number of rotatable bonds is 7. The molecular weight excluding hydrogens is 222 g/mol. The highest BCUT2D eigenvalue weighted by molar-refractivity contribution is 5.67. The van der Waals surface area contributed by atoms with Crippen molar-refractivity contribution in [3.8, 4) is 0 Å². The van der Waals surface area contributed by atoms with Crippen LogP contribution in [0, 0.1) is 0 Å². The lowest BCUT2D eigenvalue weighted by atomic mass is 10.2. The molecule has 17 heavy (non-hydrogen) atoms. The topological polar surface area (TPSA) is 67.8 Å². The van der Waals surface area contributed by atoms with E-state index in [4.69, 9.17) is 14.6 Å². The summed E-state index contributed by atoms with van der Waals surface area (Å²) in [6, 6.07) is 0. The molecular formula is C12H25NO4. The van der Waals surface area contributed by atoms with Crippen LogP contribution in [0.1, 0.15) is 46.5 Å². The van der Waals surface area contributed by atoms with Gasteiger partial charge in [0.1, 0.15) is 5.60 Å². The van der Waals surface area contributed by atoms with Crippen molar-refractivity contribution >= 4 is 6.09 Å². The summed E-state index contributed by atoms with van der Waals surface area (Å²) >= 11 is 0. The molecule has 0 aromatic rings. The number of alkyl carbamates (subject to hydrolysis) is 1. The van der Waals surface area contributed by atoms with Gasteiger partial charge in [0.2, 0.25) is 0 Å². The number of hydrogen-bond donors (Lipinski definition) is 2. The summed E-state index contributed by atoms with van der Waals surface area (Å²) in [4.78, 5) is 11.3. The monoisotopic (exact) mass is 247 g/mol. The van der Waals surface area contributed by atoms with E-state index in [9.17, 15) is 4.79 Å². The number of hydrogen-bond acceptors (Lipinski definition) is 4. The third kappa shape index (κ3) is 11.5. The largest absolute Gasteiger partial charge is 0.444 e. The summed E-state index contributed by atoms with van der Waals surface area (Å²) in [5, 5.41) is 11.8. The van der Waals surface area contributed by atoms with E-state index in [0.717, 1.165) is 19.3 Å². The first kappa shape index (κ1) is 16.2. The number of amides is 1. The average molecular weight is 247 g/mol. The summed E-state index contributed by atoms with van der Waals surface area (Å²) in [5.41, 5.74) is -0.452. The molecule has 0 fully saturated rings. The first-order chi connectivity index (χ1) is 7.85. The number of aliphatic hydroxyl groups is 1. The fourth-order valence-corrected chi connectivity index (χ4v) is 1.24. The first-order valence-corrected chi connectivity index (χ1v) is 6.03. The third-order valence-electron chi connectivity index (χ3n) is 2.07. The molecule has 0 aromatic carbocycles. The molecule has 5 nitrogen and oxygen atoms in total. The maximum Gasteiger partial charge on any atom is 0.407 e. The Labute approximate surface area is 103 Å². The number of carbonyl (C=O) groups excluding carboxylic acids is 1. The van der Waals surface area contributed by atoms with E-state index in [0.29, 0.717) is 13.0 Å². The highest BCUT2D eigenvalue weighted by Gasteiger charge is 2.15. The lowest BCUT2D eigenvalue weighted by Crippen LogP contribution is -2.33. The van der Waals surface area contributed by atoms with E-state index < -0.39 is 11.9 Å². The predicted octanol–water partition coefficient (Wildman–Crippen LogP) is 2.04. The van der Waals surface area contributed by atoms with E-state index in [1.807, 2.05) is 20.8 Å². The second kappa shape index (κ2) is 8.31. The van der Waals surface area contributed by atoms with Gasteiger partial charge < -0.3 is 19.9 Å². The van der Waals surface area contributed by atoms with E-state index in [1.165, 1.54) is 7.11 Å². The number of ether oxygens (including phenoxy) is 2. The average Bonchev–Trinajstić information content (AvgIpc) is 2.20. The van der Waals surface area contributed by atoms with Crippen LogP contribution in [0.4, 0.5) is 4.79 Å². The molecule has 0 rings (SSSR count). The highest BCUT2D eigenvalue weighted by Crippen LogP contribution is 2.07. The van der Waals surface area contributed by atoms with Crippen LogP contribution < -0.4 is 5.32 Å². The van der Waals surface area contributed by atoms with Crippen LogP contribution in [-0.4, -0.2) is 36.7 Å². The van der Waals surface area contributed by atoms with E-state index in [2.05, 4.69) is 5.32 Å². The Morgan fingerprint density at radius 3 is 2.47 bits per heavy atom. The van der Waals surface area contributed by atoms with Crippen molar-refractivity contribution < 1.29 is 19.4 Å². The molecule has 1 atom stereocenters. The Bertz CT molecular complexity index is 213. The smallest absolute Gasteiger partial charge is 0.407 e. The number of nitrogens with one attached hydrogen (secondary N) is 1. The Hall–Kier alpha value is -0.810. The van der Waals surface area contributed by atoms with Crippen LogP contribution in [-0.2, 0) is 9.47 Å². The van der Waals surface area contributed by atoms with Crippen molar-refractivity contribution in [2.24, 2.45) is 0 Å². The van der Waals surface area contributed by atoms with E-state index >= 15 is 0 Å². The van der Waals surface area contributed by atoms with Crippen molar-refractivity contribution in [3.05, 3.63) is 0 Å². The summed E-state index contributed by atoms with van der Waals surface area (Å²) in [7, 11) is 1.48. The van der Waals surface area contributed by atoms with Crippen molar-refractivity contribution in [2.75, 3.05) is 13.7 Å². The number of unbranched alkanes of at least 4 members (excludes halogenated alkanes) is 2. The Morgan fingerprint density at radius 1 is 1.29 bits per heavy atom. The molecule has 0 spiro atoms. The molecule has 0 aromatic heterocycles. The SMILES string of the molecule is COC(O)CCCCCNC(=O)OC(C)(C)C. The van der Waals surface area contributed by atoms with Crippen molar-refractivity contribution in [1.82, 2.24) is 5.32 Å². The summed E-state index contributed by atoms with van der Waals surface area (Å²) < 4.78 is 9.81. The van der Waals surface area contributed by atoms with Crippen LogP contribution in [0.3, 0.4) is 0 Å².